The van der Waals surface area contributed by atoms with Crippen LogP contribution >= 0.6 is 0 Å². The number of rotatable bonds is 3. The van der Waals surface area contributed by atoms with Crippen LogP contribution in [0.25, 0.3) is 0 Å². The Morgan fingerprint density at radius 2 is 1.88 bits per heavy atom. The van der Waals surface area contributed by atoms with E-state index in [1.54, 1.807) is 0 Å². The van der Waals surface area contributed by atoms with Gasteiger partial charge in [0.25, 0.3) is 0 Å². The van der Waals surface area contributed by atoms with Crippen LogP contribution < -0.4 is 0 Å². The van der Waals surface area contributed by atoms with Gasteiger partial charge in [-0.2, -0.15) is 0 Å². The van der Waals surface area contributed by atoms with Crippen LogP contribution in [0.2, 0.25) is 0 Å². The molecule has 1 N–H and O–H groups in total. The van der Waals surface area contributed by atoms with Crippen molar-refractivity contribution in [2.24, 2.45) is 28.6 Å². The molecule has 0 saturated heterocycles. The molecule has 0 aromatic heterocycles. The van der Waals surface area contributed by atoms with E-state index >= 15 is 0 Å². The third-order valence-electron chi connectivity index (χ3n) is 6.22. The minimum Gasteiger partial charge on any atom is -0.481 e. The van der Waals surface area contributed by atoms with E-state index in [0.717, 1.165) is 19.3 Å². The second-order valence-corrected chi connectivity index (χ2v) is 7.22. The van der Waals surface area contributed by atoms with Gasteiger partial charge in [0.15, 0.2) is 0 Å². The highest BCUT2D eigenvalue weighted by Gasteiger charge is 2.61. The van der Waals surface area contributed by atoms with Crippen LogP contribution in [0.1, 0.15) is 58.8 Å². The highest BCUT2D eigenvalue weighted by Crippen LogP contribution is 2.67. The van der Waals surface area contributed by atoms with Crippen molar-refractivity contribution in [1.82, 2.24) is 0 Å². The van der Waals surface area contributed by atoms with E-state index in [1.165, 1.54) is 25.7 Å². The number of aliphatic carboxylic acids is 1. The molecular formula is C15H24O2. The Hall–Kier alpha value is -0.530. The minimum absolute atomic E-state index is 0.340. The fourth-order valence-corrected chi connectivity index (χ4v) is 5.59. The smallest absolute Gasteiger partial charge is 0.309 e. The zero-order valence-electron chi connectivity index (χ0n) is 11.0. The van der Waals surface area contributed by atoms with E-state index in [-0.39, 0.29) is 5.41 Å². The number of carbonyl (C=O) groups is 1. The van der Waals surface area contributed by atoms with E-state index in [0.29, 0.717) is 23.2 Å². The summed E-state index contributed by atoms with van der Waals surface area (Å²) in [5.41, 5.74) is 0.0325. The minimum atomic E-state index is -0.501. The maximum atomic E-state index is 11.7. The first kappa shape index (κ1) is 11.6. The molecule has 4 fully saturated rings. The lowest BCUT2D eigenvalue weighted by molar-refractivity contribution is -0.180. The Labute approximate surface area is 104 Å². The number of hydrogen-bond acceptors (Lipinski definition) is 1. The summed E-state index contributed by atoms with van der Waals surface area (Å²) in [7, 11) is 0. The highest BCUT2D eigenvalue weighted by molar-refractivity contribution is 5.75. The SMILES string of the molecule is CCC(C)C12CC3CC(CC(C(=O)O)(C3)C1)C2. The van der Waals surface area contributed by atoms with E-state index in [2.05, 4.69) is 13.8 Å². The summed E-state index contributed by atoms with van der Waals surface area (Å²) in [6.45, 7) is 4.61. The average molecular weight is 236 g/mol. The van der Waals surface area contributed by atoms with Gasteiger partial charge in [0.2, 0.25) is 0 Å². The maximum absolute atomic E-state index is 11.7. The number of carboxylic acids is 1. The Kier molecular flexibility index (Phi) is 2.37. The van der Waals surface area contributed by atoms with Gasteiger partial charge in [0.05, 0.1) is 5.41 Å². The summed E-state index contributed by atoms with van der Waals surface area (Å²) in [6, 6.07) is 0. The first-order chi connectivity index (χ1) is 8.00. The molecule has 2 heteroatoms. The monoisotopic (exact) mass is 236 g/mol. The Morgan fingerprint density at radius 1 is 1.29 bits per heavy atom. The maximum Gasteiger partial charge on any atom is 0.309 e. The molecule has 3 atom stereocenters. The van der Waals surface area contributed by atoms with Crippen LogP contribution in [0, 0.1) is 28.6 Å². The van der Waals surface area contributed by atoms with Crippen molar-refractivity contribution in [2.45, 2.75) is 58.8 Å². The molecule has 0 amide bonds. The Bertz CT molecular complexity index is 333. The largest absolute Gasteiger partial charge is 0.481 e. The molecular weight excluding hydrogens is 212 g/mol. The third kappa shape index (κ3) is 1.49. The predicted octanol–water partition coefficient (Wildman–Crippen LogP) is 3.70. The van der Waals surface area contributed by atoms with Crippen molar-refractivity contribution in [3.8, 4) is 0 Å². The molecule has 0 spiro atoms. The molecule has 4 aliphatic carbocycles. The topological polar surface area (TPSA) is 37.3 Å². The van der Waals surface area contributed by atoms with Crippen LogP contribution in [0.4, 0.5) is 0 Å². The van der Waals surface area contributed by atoms with Gasteiger partial charge in [-0.15, -0.1) is 0 Å². The van der Waals surface area contributed by atoms with Gasteiger partial charge in [-0.1, -0.05) is 20.3 Å². The third-order valence-corrected chi connectivity index (χ3v) is 6.22. The molecule has 4 aliphatic rings. The summed E-state index contributed by atoms with van der Waals surface area (Å²) in [6.07, 6.45) is 8.05. The van der Waals surface area contributed by atoms with Crippen LogP contribution in [0.5, 0.6) is 0 Å². The summed E-state index contributed by atoms with van der Waals surface area (Å²) < 4.78 is 0. The zero-order chi connectivity index (χ0) is 12.3. The molecule has 17 heavy (non-hydrogen) atoms. The zero-order valence-corrected chi connectivity index (χ0v) is 11.0. The van der Waals surface area contributed by atoms with Gasteiger partial charge in [-0.3, -0.25) is 4.79 Å². The fraction of sp³-hybridized carbons (Fsp3) is 0.933. The lowest BCUT2D eigenvalue weighted by atomic mass is 9.41. The van der Waals surface area contributed by atoms with Gasteiger partial charge in [0, 0.05) is 0 Å². The molecule has 3 unspecified atom stereocenters. The second kappa shape index (κ2) is 3.49. The fourth-order valence-electron chi connectivity index (χ4n) is 5.59. The predicted molar refractivity (Wildman–Crippen MR) is 66.6 cm³/mol. The van der Waals surface area contributed by atoms with Crippen molar-refractivity contribution in [1.29, 1.82) is 0 Å². The molecule has 0 aromatic carbocycles. The summed E-state index contributed by atoms with van der Waals surface area (Å²) in [5, 5.41) is 9.65. The lowest BCUT2D eigenvalue weighted by Crippen LogP contribution is -2.56. The molecule has 0 heterocycles. The quantitative estimate of drug-likeness (QED) is 0.811. The molecule has 4 bridgehead atoms. The summed E-state index contributed by atoms with van der Waals surface area (Å²) in [4.78, 5) is 11.7. The van der Waals surface area contributed by atoms with Gasteiger partial charge in [-0.25, -0.2) is 0 Å². The van der Waals surface area contributed by atoms with Crippen molar-refractivity contribution >= 4 is 5.97 Å². The first-order valence-corrected chi connectivity index (χ1v) is 7.23. The van der Waals surface area contributed by atoms with Crippen LogP contribution in [0.3, 0.4) is 0 Å². The van der Waals surface area contributed by atoms with Crippen LogP contribution in [-0.4, -0.2) is 11.1 Å². The normalized spacial score (nSPS) is 49.3. The average Bonchev–Trinajstić information content (AvgIpc) is 2.26. The van der Waals surface area contributed by atoms with Crippen LogP contribution in [0.15, 0.2) is 0 Å². The molecule has 2 nitrogen and oxygen atoms in total. The van der Waals surface area contributed by atoms with E-state index in [1.807, 2.05) is 0 Å². The second-order valence-electron chi connectivity index (χ2n) is 7.22. The molecule has 0 aromatic rings. The number of hydrogen-bond donors (Lipinski definition) is 1. The van der Waals surface area contributed by atoms with Crippen molar-refractivity contribution in [3.05, 3.63) is 0 Å². The van der Waals surface area contributed by atoms with E-state index < -0.39 is 5.97 Å². The van der Waals surface area contributed by atoms with Gasteiger partial charge in [0.1, 0.15) is 0 Å². The molecule has 4 rings (SSSR count). The Morgan fingerprint density at radius 3 is 2.35 bits per heavy atom. The van der Waals surface area contributed by atoms with Crippen LogP contribution in [-0.2, 0) is 4.79 Å². The molecule has 4 saturated carbocycles. The standard InChI is InChI=1S/C15H24O2/c1-3-10(2)14-5-11-4-12(6-14)8-15(7-11,9-14)13(16)17/h10-12H,3-9H2,1-2H3,(H,16,17). The highest BCUT2D eigenvalue weighted by atomic mass is 16.4. The first-order valence-electron chi connectivity index (χ1n) is 7.23. The summed E-state index contributed by atoms with van der Waals surface area (Å²) in [5.74, 6) is 1.62. The molecule has 96 valence electrons. The van der Waals surface area contributed by atoms with Gasteiger partial charge in [-0.05, 0) is 61.7 Å². The van der Waals surface area contributed by atoms with Crippen molar-refractivity contribution < 1.29 is 9.90 Å². The molecule has 0 aliphatic heterocycles. The summed E-state index contributed by atoms with van der Waals surface area (Å²) >= 11 is 0. The van der Waals surface area contributed by atoms with Crippen molar-refractivity contribution in [3.63, 3.8) is 0 Å². The Balaban J connectivity index is 1.97. The van der Waals surface area contributed by atoms with E-state index in [9.17, 15) is 9.90 Å². The van der Waals surface area contributed by atoms with Crippen molar-refractivity contribution in [2.75, 3.05) is 0 Å². The van der Waals surface area contributed by atoms with E-state index in [4.69, 9.17) is 0 Å². The van der Waals surface area contributed by atoms with Gasteiger partial charge < -0.3 is 5.11 Å². The number of carboxylic acid groups (broad SMARTS) is 1. The molecule has 0 radical (unpaired) electrons. The van der Waals surface area contributed by atoms with Gasteiger partial charge >= 0.3 is 5.97 Å². The lowest BCUT2D eigenvalue weighted by Gasteiger charge is -2.62.